The van der Waals surface area contributed by atoms with Crippen molar-refractivity contribution in [1.29, 1.82) is 0 Å². The number of aliphatic carboxylic acids is 1. The monoisotopic (exact) mass is 278 g/mol. The summed E-state index contributed by atoms with van der Waals surface area (Å²) in [6.45, 7) is 4.22. The Morgan fingerprint density at radius 1 is 1.20 bits per heavy atom. The van der Waals surface area contributed by atoms with Crippen molar-refractivity contribution in [3.63, 3.8) is 0 Å². The maximum Gasteiger partial charge on any atom is 0.317 e. The zero-order chi connectivity index (χ0) is 14.5. The molecule has 1 fully saturated rings. The summed E-state index contributed by atoms with van der Waals surface area (Å²) in [5.74, 6) is -0.983. The normalized spacial score (nSPS) is 16.8. The Labute approximate surface area is 117 Å². The second kappa shape index (κ2) is 6.42. The minimum atomic E-state index is -0.839. The third-order valence-corrected chi connectivity index (χ3v) is 3.23. The van der Waals surface area contributed by atoms with Crippen LogP contribution in [0.2, 0.25) is 0 Å². The maximum absolute atomic E-state index is 12.3. The van der Waals surface area contributed by atoms with Crippen LogP contribution in [-0.2, 0) is 4.79 Å². The highest BCUT2D eigenvalue weighted by molar-refractivity contribution is 5.92. The molecule has 1 aliphatic heterocycles. The molecule has 0 unspecified atom stereocenters. The van der Waals surface area contributed by atoms with Gasteiger partial charge in [0.05, 0.1) is 18.4 Å². The second-order valence-corrected chi connectivity index (χ2v) is 4.86. The highest BCUT2D eigenvalue weighted by Gasteiger charge is 2.22. The lowest BCUT2D eigenvalue weighted by molar-refractivity contribution is -0.138. The predicted octanol–water partition coefficient (Wildman–Crippen LogP) is 0.0175. The van der Waals surface area contributed by atoms with Gasteiger partial charge in [-0.25, -0.2) is 4.98 Å². The van der Waals surface area contributed by atoms with Gasteiger partial charge in [-0.05, 0) is 13.3 Å². The Morgan fingerprint density at radius 3 is 2.65 bits per heavy atom. The van der Waals surface area contributed by atoms with Gasteiger partial charge in [-0.1, -0.05) is 0 Å². The molecule has 0 saturated carbocycles. The van der Waals surface area contributed by atoms with Crippen molar-refractivity contribution < 1.29 is 14.7 Å². The molecule has 1 saturated heterocycles. The van der Waals surface area contributed by atoms with Crippen LogP contribution in [0.4, 0.5) is 0 Å². The number of aromatic nitrogens is 2. The van der Waals surface area contributed by atoms with Crippen molar-refractivity contribution in [1.82, 2.24) is 19.8 Å². The lowest BCUT2D eigenvalue weighted by Gasteiger charge is -2.20. The van der Waals surface area contributed by atoms with Crippen LogP contribution in [0.5, 0.6) is 0 Å². The van der Waals surface area contributed by atoms with Gasteiger partial charge in [0.15, 0.2) is 0 Å². The number of carbonyl (C=O) groups is 2. The highest BCUT2D eigenvalue weighted by atomic mass is 16.4. The number of carboxylic acids is 1. The zero-order valence-corrected chi connectivity index (χ0v) is 11.4. The Bertz CT molecular complexity index is 489. The van der Waals surface area contributed by atoms with Gasteiger partial charge < -0.3 is 10.0 Å². The summed E-state index contributed by atoms with van der Waals surface area (Å²) in [7, 11) is 0. The van der Waals surface area contributed by atoms with Gasteiger partial charge in [0.25, 0.3) is 5.91 Å². The first-order valence-electron chi connectivity index (χ1n) is 6.58. The number of amides is 1. The lowest BCUT2D eigenvalue weighted by Crippen LogP contribution is -2.37. The fraction of sp³-hybridized carbons (Fsp3) is 0.538. The molecule has 0 atom stereocenters. The smallest absolute Gasteiger partial charge is 0.317 e. The molecule has 0 aliphatic carbocycles. The van der Waals surface area contributed by atoms with E-state index in [-0.39, 0.29) is 12.5 Å². The molecule has 20 heavy (non-hydrogen) atoms. The van der Waals surface area contributed by atoms with E-state index in [4.69, 9.17) is 5.11 Å². The van der Waals surface area contributed by atoms with E-state index in [1.165, 1.54) is 6.20 Å². The highest BCUT2D eigenvalue weighted by Crippen LogP contribution is 2.07. The Kier molecular flexibility index (Phi) is 4.62. The first-order chi connectivity index (χ1) is 9.56. The molecule has 1 N–H and O–H groups in total. The standard InChI is InChI=1S/C13H18N4O3/c1-10-7-15-11(8-14-10)13(20)17-4-2-3-16(5-6-17)9-12(18)19/h7-8H,2-6,9H2,1H3,(H,18,19). The fourth-order valence-electron chi connectivity index (χ4n) is 2.19. The third-order valence-electron chi connectivity index (χ3n) is 3.23. The van der Waals surface area contributed by atoms with Crippen LogP contribution in [0.3, 0.4) is 0 Å². The number of hydrogen-bond acceptors (Lipinski definition) is 5. The molecule has 1 aromatic heterocycles. The van der Waals surface area contributed by atoms with Crippen LogP contribution in [0.15, 0.2) is 12.4 Å². The van der Waals surface area contributed by atoms with Crippen LogP contribution in [0.25, 0.3) is 0 Å². The van der Waals surface area contributed by atoms with Crippen molar-refractivity contribution in [3.05, 3.63) is 23.8 Å². The molecular weight excluding hydrogens is 260 g/mol. The Balaban J connectivity index is 1.97. The predicted molar refractivity (Wildman–Crippen MR) is 71.4 cm³/mol. The molecule has 2 rings (SSSR count). The molecule has 0 aromatic carbocycles. The number of hydrogen-bond donors (Lipinski definition) is 1. The summed E-state index contributed by atoms with van der Waals surface area (Å²) in [5, 5.41) is 8.80. The fourth-order valence-corrected chi connectivity index (χ4v) is 2.19. The summed E-state index contributed by atoms with van der Waals surface area (Å²) >= 11 is 0. The van der Waals surface area contributed by atoms with Gasteiger partial charge >= 0.3 is 5.97 Å². The molecule has 0 bridgehead atoms. The van der Waals surface area contributed by atoms with Crippen molar-refractivity contribution in [2.75, 3.05) is 32.7 Å². The van der Waals surface area contributed by atoms with E-state index < -0.39 is 5.97 Å². The molecule has 2 heterocycles. The molecule has 7 heteroatoms. The van der Waals surface area contributed by atoms with E-state index in [0.717, 1.165) is 12.1 Å². The average molecular weight is 278 g/mol. The van der Waals surface area contributed by atoms with Crippen molar-refractivity contribution in [2.24, 2.45) is 0 Å². The van der Waals surface area contributed by atoms with Crippen LogP contribution < -0.4 is 0 Å². The zero-order valence-electron chi connectivity index (χ0n) is 11.4. The molecule has 108 valence electrons. The first kappa shape index (κ1) is 14.4. The average Bonchev–Trinajstić information content (AvgIpc) is 2.64. The SMILES string of the molecule is Cc1cnc(C(=O)N2CCCN(CC(=O)O)CC2)cn1. The summed E-state index contributed by atoms with van der Waals surface area (Å²) in [6.07, 6.45) is 3.82. The Morgan fingerprint density at radius 2 is 2.00 bits per heavy atom. The molecule has 7 nitrogen and oxygen atoms in total. The van der Waals surface area contributed by atoms with Gasteiger partial charge in [0.2, 0.25) is 0 Å². The number of carboxylic acid groups (broad SMARTS) is 1. The van der Waals surface area contributed by atoms with E-state index in [9.17, 15) is 9.59 Å². The second-order valence-electron chi connectivity index (χ2n) is 4.86. The molecule has 0 radical (unpaired) electrons. The van der Waals surface area contributed by atoms with Gasteiger partial charge in [0.1, 0.15) is 5.69 Å². The van der Waals surface area contributed by atoms with Gasteiger partial charge in [-0.15, -0.1) is 0 Å². The van der Waals surface area contributed by atoms with Crippen LogP contribution in [0.1, 0.15) is 22.6 Å². The molecule has 1 amide bonds. The van der Waals surface area contributed by atoms with E-state index in [2.05, 4.69) is 9.97 Å². The molecule has 1 aliphatic rings. The van der Waals surface area contributed by atoms with Crippen molar-refractivity contribution in [2.45, 2.75) is 13.3 Å². The minimum Gasteiger partial charge on any atom is -0.480 e. The van der Waals surface area contributed by atoms with E-state index in [1.807, 2.05) is 11.8 Å². The topological polar surface area (TPSA) is 86.6 Å². The summed E-state index contributed by atoms with van der Waals surface area (Å²) in [6, 6.07) is 0. The van der Waals surface area contributed by atoms with E-state index >= 15 is 0 Å². The van der Waals surface area contributed by atoms with Crippen LogP contribution in [0, 0.1) is 6.92 Å². The van der Waals surface area contributed by atoms with Crippen molar-refractivity contribution in [3.8, 4) is 0 Å². The number of nitrogens with zero attached hydrogens (tertiary/aromatic N) is 4. The van der Waals surface area contributed by atoms with Crippen molar-refractivity contribution >= 4 is 11.9 Å². The molecule has 0 spiro atoms. The first-order valence-corrected chi connectivity index (χ1v) is 6.58. The van der Waals surface area contributed by atoms with E-state index in [1.54, 1.807) is 11.1 Å². The van der Waals surface area contributed by atoms with Crippen LogP contribution in [-0.4, -0.2) is 69.5 Å². The van der Waals surface area contributed by atoms with Gasteiger partial charge in [-0.2, -0.15) is 0 Å². The lowest BCUT2D eigenvalue weighted by atomic mass is 10.3. The molecular formula is C13H18N4O3. The summed E-state index contributed by atoms with van der Waals surface area (Å²) in [4.78, 5) is 34.7. The van der Waals surface area contributed by atoms with Crippen LogP contribution >= 0.6 is 0 Å². The number of rotatable bonds is 3. The third kappa shape index (κ3) is 3.74. The summed E-state index contributed by atoms with van der Waals surface area (Å²) in [5.41, 5.74) is 1.10. The maximum atomic E-state index is 12.3. The number of carbonyl (C=O) groups excluding carboxylic acids is 1. The van der Waals surface area contributed by atoms with Gasteiger partial charge in [0, 0.05) is 32.4 Å². The summed E-state index contributed by atoms with van der Waals surface area (Å²) < 4.78 is 0. The van der Waals surface area contributed by atoms with E-state index in [0.29, 0.717) is 31.9 Å². The largest absolute Gasteiger partial charge is 0.480 e. The number of aryl methyl sites for hydroxylation is 1. The Hall–Kier alpha value is -2.02. The van der Waals surface area contributed by atoms with Gasteiger partial charge in [-0.3, -0.25) is 19.5 Å². The quantitative estimate of drug-likeness (QED) is 0.838. The molecule has 1 aromatic rings. The minimum absolute atomic E-state index is 0.0202.